The predicted octanol–water partition coefficient (Wildman–Crippen LogP) is 3.33. The van der Waals surface area contributed by atoms with Gasteiger partial charge in [-0.15, -0.1) is 0 Å². The minimum Gasteiger partial charge on any atom is -0.492 e. The average molecular weight is 401 g/mol. The van der Waals surface area contributed by atoms with Crippen LogP contribution >= 0.6 is 0 Å². The van der Waals surface area contributed by atoms with E-state index in [1.54, 1.807) is 24.1 Å². The molecule has 0 radical (unpaired) electrons. The van der Waals surface area contributed by atoms with E-state index in [9.17, 15) is 14.0 Å². The second-order valence-electron chi connectivity index (χ2n) is 6.72. The van der Waals surface area contributed by atoms with E-state index in [1.165, 1.54) is 12.1 Å². The molecule has 2 aromatic rings. The number of para-hydroxylation sites is 1. The molecule has 1 unspecified atom stereocenters. The zero-order chi connectivity index (χ0) is 21.1. The Hall–Kier alpha value is -3.09. The van der Waals surface area contributed by atoms with Crippen LogP contribution in [0.4, 0.5) is 9.18 Å². The first-order valence-electron chi connectivity index (χ1n) is 9.71. The number of rotatable bonds is 10. The zero-order valence-electron chi connectivity index (χ0n) is 16.9. The third-order valence-corrected chi connectivity index (χ3v) is 4.36. The van der Waals surface area contributed by atoms with Crippen LogP contribution in [0.3, 0.4) is 0 Å². The third kappa shape index (κ3) is 7.81. The van der Waals surface area contributed by atoms with Crippen molar-refractivity contribution >= 4 is 11.9 Å². The highest BCUT2D eigenvalue weighted by Crippen LogP contribution is 2.08. The van der Waals surface area contributed by atoms with Crippen LogP contribution < -0.4 is 15.4 Å². The molecule has 2 N–H and O–H groups in total. The van der Waals surface area contributed by atoms with Crippen LogP contribution in [0.5, 0.6) is 5.75 Å². The summed E-state index contributed by atoms with van der Waals surface area (Å²) < 4.78 is 18.6. The first-order chi connectivity index (χ1) is 14.0. The Morgan fingerprint density at radius 1 is 1.10 bits per heavy atom. The van der Waals surface area contributed by atoms with E-state index < -0.39 is 12.1 Å². The Kier molecular flexibility index (Phi) is 8.95. The molecular weight excluding hydrogens is 373 g/mol. The predicted molar refractivity (Wildman–Crippen MR) is 110 cm³/mol. The largest absolute Gasteiger partial charge is 0.492 e. The van der Waals surface area contributed by atoms with Crippen molar-refractivity contribution in [2.24, 2.45) is 0 Å². The monoisotopic (exact) mass is 401 g/mol. The first kappa shape index (κ1) is 22.2. The van der Waals surface area contributed by atoms with E-state index in [-0.39, 0.29) is 18.3 Å². The summed E-state index contributed by atoms with van der Waals surface area (Å²) in [5, 5.41) is 5.43. The number of ether oxygens (including phenoxy) is 1. The Morgan fingerprint density at radius 3 is 2.45 bits per heavy atom. The SMILES string of the molecule is CCCC(NC(=O)NCc1ccc(F)cc1)C(=O)N(C)CCOc1ccccc1. The molecule has 0 aliphatic carbocycles. The molecule has 7 heteroatoms. The summed E-state index contributed by atoms with van der Waals surface area (Å²) in [6.07, 6.45) is 1.29. The van der Waals surface area contributed by atoms with Gasteiger partial charge in [0.05, 0.1) is 6.54 Å². The molecule has 0 heterocycles. The van der Waals surface area contributed by atoms with Crippen LogP contribution in [0, 0.1) is 5.82 Å². The van der Waals surface area contributed by atoms with E-state index in [4.69, 9.17) is 4.74 Å². The number of amides is 3. The highest BCUT2D eigenvalue weighted by molar-refractivity contribution is 5.86. The minimum absolute atomic E-state index is 0.166. The first-order valence-corrected chi connectivity index (χ1v) is 9.71. The minimum atomic E-state index is -0.616. The molecule has 0 bridgehead atoms. The standard InChI is InChI=1S/C22H28FN3O3/c1-3-7-20(25-22(28)24-16-17-10-12-18(23)13-11-17)21(27)26(2)14-15-29-19-8-5-4-6-9-19/h4-6,8-13,20H,3,7,14-16H2,1-2H3,(H2,24,25,28). The van der Waals surface area contributed by atoms with Crippen LogP contribution in [0.2, 0.25) is 0 Å². The molecule has 1 atom stereocenters. The summed E-state index contributed by atoms with van der Waals surface area (Å²) in [7, 11) is 1.69. The normalized spacial score (nSPS) is 11.4. The van der Waals surface area contributed by atoms with Crippen molar-refractivity contribution in [2.45, 2.75) is 32.4 Å². The van der Waals surface area contributed by atoms with E-state index >= 15 is 0 Å². The van der Waals surface area contributed by atoms with Gasteiger partial charge in [0.2, 0.25) is 5.91 Å². The van der Waals surface area contributed by atoms with Gasteiger partial charge in [-0.1, -0.05) is 43.7 Å². The fourth-order valence-electron chi connectivity index (χ4n) is 2.73. The van der Waals surface area contributed by atoms with Crippen LogP contribution in [0.25, 0.3) is 0 Å². The van der Waals surface area contributed by atoms with Crippen molar-refractivity contribution in [3.05, 3.63) is 66.0 Å². The molecule has 156 valence electrons. The lowest BCUT2D eigenvalue weighted by atomic mass is 10.1. The van der Waals surface area contributed by atoms with Gasteiger partial charge in [0.25, 0.3) is 0 Å². The lowest BCUT2D eigenvalue weighted by Crippen LogP contribution is -2.50. The van der Waals surface area contributed by atoms with Crippen molar-refractivity contribution in [2.75, 3.05) is 20.2 Å². The van der Waals surface area contributed by atoms with Gasteiger partial charge < -0.3 is 20.3 Å². The molecule has 29 heavy (non-hydrogen) atoms. The summed E-state index contributed by atoms with van der Waals surface area (Å²) in [5.74, 6) is 0.253. The second-order valence-corrected chi connectivity index (χ2v) is 6.72. The highest BCUT2D eigenvalue weighted by Gasteiger charge is 2.23. The number of likely N-dealkylation sites (N-methyl/N-ethyl adjacent to an activating group) is 1. The quantitative estimate of drug-likeness (QED) is 0.642. The number of nitrogens with zero attached hydrogens (tertiary/aromatic N) is 1. The van der Waals surface area contributed by atoms with Gasteiger partial charge in [0.1, 0.15) is 24.2 Å². The van der Waals surface area contributed by atoms with Crippen molar-refractivity contribution < 1.29 is 18.7 Å². The van der Waals surface area contributed by atoms with Crippen molar-refractivity contribution in [1.29, 1.82) is 0 Å². The van der Waals surface area contributed by atoms with Crippen molar-refractivity contribution in [1.82, 2.24) is 15.5 Å². The molecule has 0 aliphatic heterocycles. The number of carbonyl (C=O) groups excluding carboxylic acids is 2. The van der Waals surface area contributed by atoms with Gasteiger partial charge in [0.15, 0.2) is 0 Å². The molecule has 6 nitrogen and oxygen atoms in total. The molecule has 2 aromatic carbocycles. The number of hydrogen-bond acceptors (Lipinski definition) is 3. The molecule has 0 saturated carbocycles. The Labute approximate surface area is 171 Å². The summed E-state index contributed by atoms with van der Waals surface area (Å²) in [6, 6.07) is 14.2. The van der Waals surface area contributed by atoms with Gasteiger partial charge >= 0.3 is 6.03 Å². The van der Waals surface area contributed by atoms with Gasteiger partial charge in [-0.25, -0.2) is 9.18 Å². The molecule has 0 saturated heterocycles. The Morgan fingerprint density at radius 2 is 1.79 bits per heavy atom. The Bertz CT molecular complexity index is 769. The lowest BCUT2D eigenvalue weighted by Gasteiger charge is -2.24. The Balaban J connectivity index is 1.80. The fraction of sp³-hybridized carbons (Fsp3) is 0.364. The van der Waals surface area contributed by atoms with E-state index in [0.717, 1.165) is 17.7 Å². The van der Waals surface area contributed by atoms with E-state index in [2.05, 4.69) is 10.6 Å². The maximum Gasteiger partial charge on any atom is 0.315 e. The van der Waals surface area contributed by atoms with Gasteiger partial charge in [-0.3, -0.25) is 4.79 Å². The number of hydrogen-bond donors (Lipinski definition) is 2. The maximum atomic E-state index is 12.9. The van der Waals surface area contributed by atoms with Crippen molar-refractivity contribution in [3.8, 4) is 5.75 Å². The summed E-state index contributed by atoms with van der Waals surface area (Å²) in [5.41, 5.74) is 0.773. The van der Waals surface area contributed by atoms with E-state index in [0.29, 0.717) is 19.6 Å². The second kappa shape index (κ2) is 11.7. The highest BCUT2D eigenvalue weighted by atomic mass is 19.1. The number of carbonyl (C=O) groups is 2. The van der Waals surface area contributed by atoms with Crippen molar-refractivity contribution in [3.63, 3.8) is 0 Å². The summed E-state index contributed by atoms with van der Waals surface area (Å²) >= 11 is 0. The fourth-order valence-corrected chi connectivity index (χ4v) is 2.73. The number of benzene rings is 2. The summed E-state index contributed by atoms with van der Waals surface area (Å²) in [4.78, 5) is 26.5. The van der Waals surface area contributed by atoms with Crippen LogP contribution in [0.1, 0.15) is 25.3 Å². The summed E-state index contributed by atoms with van der Waals surface area (Å²) in [6.45, 7) is 2.98. The molecule has 0 spiro atoms. The number of nitrogens with one attached hydrogen (secondary N) is 2. The lowest BCUT2D eigenvalue weighted by molar-refractivity contribution is -0.132. The van der Waals surface area contributed by atoms with Gasteiger partial charge in [-0.05, 0) is 36.2 Å². The maximum absolute atomic E-state index is 12.9. The van der Waals surface area contributed by atoms with Crippen LogP contribution in [-0.4, -0.2) is 43.1 Å². The number of urea groups is 1. The topological polar surface area (TPSA) is 70.7 Å². The van der Waals surface area contributed by atoms with Gasteiger partial charge in [-0.2, -0.15) is 0 Å². The number of halogens is 1. The smallest absolute Gasteiger partial charge is 0.315 e. The molecule has 2 rings (SSSR count). The molecule has 0 aliphatic rings. The molecule has 3 amide bonds. The van der Waals surface area contributed by atoms with Gasteiger partial charge in [0, 0.05) is 13.6 Å². The molecule has 0 aromatic heterocycles. The van der Waals surface area contributed by atoms with E-state index in [1.807, 2.05) is 37.3 Å². The molecule has 0 fully saturated rings. The third-order valence-electron chi connectivity index (χ3n) is 4.36. The molecular formula is C22H28FN3O3. The van der Waals surface area contributed by atoms with Crippen LogP contribution in [0.15, 0.2) is 54.6 Å². The average Bonchev–Trinajstić information content (AvgIpc) is 2.73. The van der Waals surface area contributed by atoms with Crippen LogP contribution in [-0.2, 0) is 11.3 Å². The zero-order valence-corrected chi connectivity index (χ0v) is 16.9.